The maximum atomic E-state index is 5.70. The second kappa shape index (κ2) is 5.88. The molecule has 20 heavy (non-hydrogen) atoms. The Morgan fingerprint density at radius 3 is 2.90 bits per heavy atom. The standard InChI is InChI=1S/C15H19N5/c16-15-18-7-6-14(19-15)20-9-8-17-11-13(20)10-12-4-2-1-3-5-12/h1-7,13,17H,8-11H2,(H2,16,18,19). The van der Waals surface area contributed by atoms with Crippen molar-refractivity contribution in [2.45, 2.75) is 12.5 Å². The second-order valence-corrected chi connectivity index (χ2v) is 5.01. The smallest absolute Gasteiger partial charge is 0.221 e. The first-order valence-corrected chi connectivity index (χ1v) is 6.93. The van der Waals surface area contributed by atoms with E-state index in [1.165, 1.54) is 5.56 Å². The predicted molar refractivity (Wildman–Crippen MR) is 80.6 cm³/mol. The van der Waals surface area contributed by atoms with Gasteiger partial charge in [0, 0.05) is 31.9 Å². The maximum absolute atomic E-state index is 5.70. The molecule has 5 heteroatoms. The van der Waals surface area contributed by atoms with Gasteiger partial charge in [-0.1, -0.05) is 30.3 Å². The van der Waals surface area contributed by atoms with Gasteiger partial charge in [-0.3, -0.25) is 0 Å². The van der Waals surface area contributed by atoms with Crippen molar-refractivity contribution in [3.05, 3.63) is 48.2 Å². The van der Waals surface area contributed by atoms with Gasteiger partial charge in [-0.2, -0.15) is 4.98 Å². The molecule has 1 aliphatic heterocycles. The van der Waals surface area contributed by atoms with E-state index in [4.69, 9.17) is 5.73 Å². The Hall–Kier alpha value is -2.14. The van der Waals surface area contributed by atoms with Gasteiger partial charge in [-0.05, 0) is 18.1 Å². The largest absolute Gasteiger partial charge is 0.368 e. The summed E-state index contributed by atoms with van der Waals surface area (Å²) < 4.78 is 0. The van der Waals surface area contributed by atoms with Crippen LogP contribution in [0.3, 0.4) is 0 Å². The van der Waals surface area contributed by atoms with E-state index >= 15 is 0 Å². The molecule has 104 valence electrons. The molecule has 0 bridgehead atoms. The summed E-state index contributed by atoms with van der Waals surface area (Å²) in [6.07, 6.45) is 2.72. The predicted octanol–water partition coefficient (Wildman–Crippen LogP) is 1.08. The van der Waals surface area contributed by atoms with Crippen LogP contribution in [0.2, 0.25) is 0 Å². The summed E-state index contributed by atoms with van der Waals surface area (Å²) in [5.41, 5.74) is 7.04. The third kappa shape index (κ3) is 2.88. The minimum absolute atomic E-state index is 0.333. The summed E-state index contributed by atoms with van der Waals surface area (Å²) >= 11 is 0. The lowest BCUT2D eigenvalue weighted by Crippen LogP contribution is -2.52. The average molecular weight is 269 g/mol. The molecule has 1 atom stereocenters. The fourth-order valence-electron chi connectivity index (χ4n) is 2.65. The van der Waals surface area contributed by atoms with Crippen molar-refractivity contribution >= 4 is 11.8 Å². The van der Waals surface area contributed by atoms with Crippen molar-refractivity contribution in [3.63, 3.8) is 0 Å². The zero-order valence-electron chi connectivity index (χ0n) is 11.4. The highest BCUT2D eigenvalue weighted by atomic mass is 15.3. The summed E-state index contributed by atoms with van der Waals surface area (Å²) in [4.78, 5) is 10.6. The molecule has 1 fully saturated rings. The first kappa shape index (κ1) is 12.9. The van der Waals surface area contributed by atoms with E-state index in [0.717, 1.165) is 31.9 Å². The molecule has 2 heterocycles. The summed E-state index contributed by atoms with van der Waals surface area (Å²) in [5.74, 6) is 1.25. The Morgan fingerprint density at radius 2 is 2.10 bits per heavy atom. The van der Waals surface area contributed by atoms with Gasteiger partial charge in [0.25, 0.3) is 0 Å². The lowest BCUT2D eigenvalue weighted by Gasteiger charge is -2.37. The molecule has 1 aromatic carbocycles. The first-order chi connectivity index (χ1) is 9.83. The number of benzene rings is 1. The lowest BCUT2D eigenvalue weighted by atomic mass is 10.0. The summed E-state index contributed by atoms with van der Waals surface area (Å²) in [6, 6.07) is 12.9. The topological polar surface area (TPSA) is 67.1 Å². The van der Waals surface area contributed by atoms with Gasteiger partial charge in [0.15, 0.2) is 0 Å². The number of nitrogens with zero attached hydrogens (tertiary/aromatic N) is 3. The average Bonchev–Trinajstić information content (AvgIpc) is 2.49. The Kier molecular flexibility index (Phi) is 3.78. The summed E-state index contributed by atoms with van der Waals surface area (Å²) in [7, 11) is 0. The van der Waals surface area contributed by atoms with E-state index in [2.05, 4.69) is 44.5 Å². The number of rotatable bonds is 3. The number of hydrogen-bond donors (Lipinski definition) is 2. The van der Waals surface area contributed by atoms with Crippen LogP contribution in [0.15, 0.2) is 42.6 Å². The van der Waals surface area contributed by atoms with Crippen molar-refractivity contribution in [2.24, 2.45) is 0 Å². The lowest BCUT2D eigenvalue weighted by molar-refractivity contribution is 0.470. The van der Waals surface area contributed by atoms with Crippen molar-refractivity contribution in [3.8, 4) is 0 Å². The molecule has 3 rings (SSSR count). The third-order valence-electron chi connectivity index (χ3n) is 3.62. The van der Waals surface area contributed by atoms with Gasteiger partial charge >= 0.3 is 0 Å². The van der Waals surface area contributed by atoms with Crippen molar-refractivity contribution in [2.75, 3.05) is 30.3 Å². The Balaban J connectivity index is 1.80. The number of nitrogens with one attached hydrogen (secondary N) is 1. The molecule has 1 unspecified atom stereocenters. The fraction of sp³-hybridized carbons (Fsp3) is 0.333. The van der Waals surface area contributed by atoms with E-state index < -0.39 is 0 Å². The van der Waals surface area contributed by atoms with Gasteiger partial charge < -0.3 is 16.0 Å². The zero-order valence-corrected chi connectivity index (χ0v) is 11.4. The summed E-state index contributed by atoms with van der Waals surface area (Å²) in [5, 5.41) is 3.45. The molecular formula is C15H19N5. The normalized spacial score (nSPS) is 19.0. The maximum Gasteiger partial charge on any atom is 0.221 e. The molecule has 5 nitrogen and oxygen atoms in total. The number of hydrogen-bond acceptors (Lipinski definition) is 5. The highest BCUT2D eigenvalue weighted by molar-refractivity contribution is 5.43. The van der Waals surface area contributed by atoms with Crippen LogP contribution in [0.5, 0.6) is 0 Å². The molecule has 2 aromatic rings. The van der Waals surface area contributed by atoms with Crippen LogP contribution in [0.4, 0.5) is 11.8 Å². The molecule has 1 aromatic heterocycles. The van der Waals surface area contributed by atoms with Crippen LogP contribution < -0.4 is 16.0 Å². The molecule has 0 saturated carbocycles. The molecular weight excluding hydrogens is 250 g/mol. The van der Waals surface area contributed by atoms with Gasteiger partial charge in [-0.25, -0.2) is 4.98 Å². The first-order valence-electron chi connectivity index (χ1n) is 6.93. The highest BCUT2D eigenvalue weighted by Crippen LogP contribution is 2.18. The summed E-state index contributed by atoms with van der Waals surface area (Å²) in [6.45, 7) is 2.86. The quantitative estimate of drug-likeness (QED) is 0.873. The molecule has 1 aliphatic rings. The Morgan fingerprint density at radius 1 is 1.25 bits per heavy atom. The van der Waals surface area contributed by atoms with Crippen LogP contribution in [0, 0.1) is 0 Å². The number of anilines is 2. The van der Waals surface area contributed by atoms with Crippen molar-refractivity contribution in [1.82, 2.24) is 15.3 Å². The number of aromatic nitrogens is 2. The number of nitrogen functional groups attached to an aromatic ring is 1. The fourth-order valence-corrected chi connectivity index (χ4v) is 2.65. The van der Waals surface area contributed by atoms with Gasteiger partial charge in [0.2, 0.25) is 5.95 Å². The van der Waals surface area contributed by atoms with Gasteiger partial charge in [-0.15, -0.1) is 0 Å². The molecule has 1 saturated heterocycles. The molecule has 0 amide bonds. The van der Waals surface area contributed by atoms with Crippen LogP contribution in [-0.2, 0) is 6.42 Å². The van der Waals surface area contributed by atoms with Crippen LogP contribution in [-0.4, -0.2) is 35.6 Å². The van der Waals surface area contributed by atoms with E-state index in [1.54, 1.807) is 6.20 Å². The minimum atomic E-state index is 0.333. The Labute approximate surface area is 118 Å². The zero-order chi connectivity index (χ0) is 13.8. The monoisotopic (exact) mass is 269 g/mol. The van der Waals surface area contributed by atoms with Crippen molar-refractivity contribution in [1.29, 1.82) is 0 Å². The third-order valence-corrected chi connectivity index (χ3v) is 3.62. The molecule has 0 radical (unpaired) electrons. The van der Waals surface area contributed by atoms with Gasteiger partial charge in [0.05, 0.1) is 0 Å². The van der Waals surface area contributed by atoms with Gasteiger partial charge in [0.1, 0.15) is 5.82 Å². The van der Waals surface area contributed by atoms with E-state index in [9.17, 15) is 0 Å². The Bertz CT molecular complexity index is 557. The van der Waals surface area contributed by atoms with E-state index in [-0.39, 0.29) is 0 Å². The van der Waals surface area contributed by atoms with Crippen molar-refractivity contribution < 1.29 is 0 Å². The SMILES string of the molecule is Nc1nccc(N2CCNCC2Cc2ccccc2)n1. The second-order valence-electron chi connectivity index (χ2n) is 5.01. The molecule has 3 N–H and O–H groups in total. The van der Waals surface area contributed by atoms with Crippen LogP contribution in [0.25, 0.3) is 0 Å². The van der Waals surface area contributed by atoms with Crippen LogP contribution >= 0.6 is 0 Å². The minimum Gasteiger partial charge on any atom is -0.368 e. The van der Waals surface area contributed by atoms with Crippen LogP contribution in [0.1, 0.15) is 5.56 Å². The highest BCUT2D eigenvalue weighted by Gasteiger charge is 2.23. The van der Waals surface area contributed by atoms with E-state index in [0.29, 0.717) is 12.0 Å². The molecule has 0 aliphatic carbocycles. The van der Waals surface area contributed by atoms with E-state index in [1.807, 2.05) is 12.1 Å². The number of piperazine rings is 1. The number of nitrogens with two attached hydrogens (primary N) is 1. The molecule has 0 spiro atoms.